The molecule has 0 N–H and O–H groups in total. The number of hydrogen-bond donors (Lipinski definition) is 0. The van der Waals surface area contributed by atoms with Crippen LogP contribution in [-0.2, 0) is 9.53 Å². The summed E-state index contributed by atoms with van der Waals surface area (Å²) >= 11 is 2.82. The second-order valence-electron chi connectivity index (χ2n) is 8.22. The van der Waals surface area contributed by atoms with E-state index in [1.807, 2.05) is 30.5 Å². The van der Waals surface area contributed by atoms with Crippen molar-refractivity contribution in [2.75, 3.05) is 6.26 Å². The number of carboxylic acids is 1. The number of nitrogens with zero attached hydrogens (tertiary/aromatic N) is 2. The molecule has 1 aliphatic rings. The molecule has 180 valence electrons. The first kappa shape index (κ1) is 24.7. The van der Waals surface area contributed by atoms with E-state index in [9.17, 15) is 19.5 Å². The fourth-order valence-electron chi connectivity index (χ4n) is 3.83. The van der Waals surface area contributed by atoms with E-state index in [-0.39, 0.29) is 17.2 Å². The number of fused-ring (bicyclic) bond motifs is 1. The SMILES string of the molecule is CSc1ccc([C@H]2C(C(=O)OC(C)C)=C(C)N=c3s/c(=C\c4ccc(C(=O)[O-])cc4)c(=O)n32)cc1. The minimum absolute atomic E-state index is 0.0567. The molecule has 2 heterocycles. The minimum Gasteiger partial charge on any atom is -0.545 e. The summed E-state index contributed by atoms with van der Waals surface area (Å²) in [5.41, 5.74) is 2.03. The molecule has 0 saturated carbocycles. The van der Waals surface area contributed by atoms with Gasteiger partial charge < -0.3 is 14.6 Å². The second kappa shape index (κ2) is 10.1. The van der Waals surface area contributed by atoms with Crippen LogP contribution >= 0.6 is 23.1 Å². The van der Waals surface area contributed by atoms with Crippen molar-refractivity contribution >= 4 is 41.1 Å². The first-order valence-electron chi connectivity index (χ1n) is 10.9. The summed E-state index contributed by atoms with van der Waals surface area (Å²) in [6.07, 6.45) is 3.34. The van der Waals surface area contributed by atoms with Crippen LogP contribution in [0.1, 0.15) is 48.3 Å². The van der Waals surface area contributed by atoms with Gasteiger partial charge in [-0.05, 0) is 61.9 Å². The summed E-state index contributed by atoms with van der Waals surface area (Å²) in [7, 11) is 0. The number of carbonyl (C=O) groups excluding carboxylic acids is 2. The predicted molar refractivity (Wildman–Crippen MR) is 134 cm³/mol. The van der Waals surface area contributed by atoms with Crippen LogP contribution < -0.4 is 20.0 Å². The van der Waals surface area contributed by atoms with E-state index >= 15 is 0 Å². The number of thioether (sulfide) groups is 1. The van der Waals surface area contributed by atoms with E-state index < -0.39 is 18.0 Å². The molecule has 7 nitrogen and oxygen atoms in total. The second-order valence-corrected chi connectivity index (χ2v) is 10.1. The van der Waals surface area contributed by atoms with Gasteiger partial charge in [0.1, 0.15) is 0 Å². The van der Waals surface area contributed by atoms with Crippen molar-refractivity contribution < 1.29 is 19.4 Å². The summed E-state index contributed by atoms with van der Waals surface area (Å²) in [5, 5.41) is 11.0. The molecule has 1 aliphatic heterocycles. The largest absolute Gasteiger partial charge is 0.545 e. The smallest absolute Gasteiger partial charge is 0.338 e. The monoisotopic (exact) mass is 507 g/mol. The average Bonchev–Trinajstić information content (AvgIpc) is 3.12. The van der Waals surface area contributed by atoms with E-state index in [1.54, 1.807) is 50.7 Å². The third-order valence-electron chi connectivity index (χ3n) is 5.46. The van der Waals surface area contributed by atoms with E-state index in [0.29, 0.717) is 26.2 Å². The van der Waals surface area contributed by atoms with Crippen molar-refractivity contribution in [2.45, 2.75) is 37.8 Å². The number of carboxylic acid groups (broad SMARTS) is 1. The molecule has 35 heavy (non-hydrogen) atoms. The summed E-state index contributed by atoms with van der Waals surface area (Å²) in [5.74, 6) is -1.77. The predicted octanol–water partition coefficient (Wildman–Crippen LogP) is 2.27. The van der Waals surface area contributed by atoms with Crippen molar-refractivity contribution in [3.63, 3.8) is 0 Å². The number of esters is 1. The first-order valence-corrected chi connectivity index (χ1v) is 12.9. The van der Waals surface area contributed by atoms with E-state index in [4.69, 9.17) is 4.74 Å². The lowest BCUT2D eigenvalue weighted by Gasteiger charge is -2.25. The maximum Gasteiger partial charge on any atom is 0.338 e. The number of ether oxygens (including phenoxy) is 1. The molecule has 2 aromatic carbocycles. The van der Waals surface area contributed by atoms with Crippen LogP contribution in [-0.4, -0.2) is 28.9 Å². The number of rotatable bonds is 6. The van der Waals surface area contributed by atoms with Crippen LogP contribution in [0.25, 0.3) is 6.08 Å². The summed E-state index contributed by atoms with van der Waals surface area (Å²) < 4.78 is 7.46. The Labute approximate surface area is 210 Å². The third-order valence-corrected chi connectivity index (χ3v) is 7.19. The molecular weight excluding hydrogens is 484 g/mol. The molecule has 0 spiro atoms. The van der Waals surface area contributed by atoms with Gasteiger partial charge in [0.2, 0.25) is 0 Å². The highest BCUT2D eigenvalue weighted by molar-refractivity contribution is 7.98. The van der Waals surface area contributed by atoms with Gasteiger partial charge in [-0.2, -0.15) is 0 Å². The van der Waals surface area contributed by atoms with Crippen molar-refractivity contribution in [3.8, 4) is 0 Å². The molecule has 3 aromatic rings. The summed E-state index contributed by atoms with van der Waals surface area (Å²) in [4.78, 5) is 43.8. The van der Waals surface area contributed by atoms with Crippen LogP contribution in [0.2, 0.25) is 0 Å². The van der Waals surface area contributed by atoms with Gasteiger partial charge in [0.25, 0.3) is 5.56 Å². The molecule has 1 atom stereocenters. The Morgan fingerprint density at radius 3 is 2.37 bits per heavy atom. The van der Waals surface area contributed by atoms with E-state index in [0.717, 1.165) is 10.5 Å². The van der Waals surface area contributed by atoms with Gasteiger partial charge in [-0.25, -0.2) is 9.79 Å². The summed E-state index contributed by atoms with van der Waals surface area (Å²) in [6, 6.07) is 13.1. The Bertz CT molecular complexity index is 1500. The van der Waals surface area contributed by atoms with E-state index in [1.165, 1.54) is 28.0 Å². The molecule has 9 heteroatoms. The average molecular weight is 508 g/mol. The summed E-state index contributed by atoms with van der Waals surface area (Å²) in [6.45, 7) is 5.30. The van der Waals surface area contributed by atoms with Crippen molar-refractivity contribution in [3.05, 3.63) is 96.2 Å². The van der Waals surface area contributed by atoms with Crippen LogP contribution in [0, 0.1) is 0 Å². The molecule has 0 amide bonds. The lowest BCUT2D eigenvalue weighted by molar-refractivity contribution is -0.255. The van der Waals surface area contributed by atoms with Gasteiger partial charge in [0.15, 0.2) is 4.80 Å². The Morgan fingerprint density at radius 1 is 1.14 bits per heavy atom. The number of carbonyl (C=O) groups is 2. The Morgan fingerprint density at radius 2 is 1.80 bits per heavy atom. The lowest BCUT2D eigenvalue weighted by Crippen LogP contribution is -2.40. The highest BCUT2D eigenvalue weighted by Gasteiger charge is 2.33. The first-order chi connectivity index (χ1) is 16.7. The lowest BCUT2D eigenvalue weighted by atomic mass is 9.96. The Hall–Kier alpha value is -3.43. The van der Waals surface area contributed by atoms with Crippen LogP contribution in [0.4, 0.5) is 0 Å². The number of allylic oxidation sites excluding steroid dienone is 1. The standard InChI is InChI=1S/C26H24N2O5S2/c1-14(2)33-25(32)21-15(3)27-26-28(22(21)17-9-11-19(34-4)12-10-17)23(29)20(35-26)13-16-5-7-18(8-6-16)24(30)31/h5-14,22H,1-4H3,(H,30,31)/p-1/b20-13-/t22-/m0/s1. The molecule has 4 rings (SSSR count). The molecule has 0 fully saturated rings. The zero-order chi connectivity index (χ0) is 25.3. The van der Waals surface area contributed by atoms with Crippen LogP contribution in [0.5, 0.6) is 0 Å². The minimum atomic E-state index is -1.26. The Kier molecular flexibility index (Phi) is 7.09. The van der Waals surface area contributed by atoms with Crippen LogP contribution in [0.15, 0.2) is 74.5 Å². The van der Waals surface area contributed by atoms with Crippen molar-refractivity contribution in [2.24, 2.45) is 4.99 Å². The van der Waals surface area contributed by atoms with Gasteiger partial charge in [0, 0.05) is 4.90 Å². The van der Waals surface area contributed by atoms with Gasteiger partial charge >= 0.3 is 5.97 Å². The van der Waals surface area contributed by atoms with Gasteiger partial charge in [0.05, 0.1) is 33.9 Å². The molecule has 0 radical (unpaired) electrons. The maximum absolute atomic E-state index is 13.6. The maximum atomic E-state index is 13.6. The Balaban J connectivity index is 1.89. The molecule has 0 bridgehead atoms. The van der Waals surface area contributed by atoms with Crippen molar-refractivity contribution in [1.29, 1.82) is 0 Å². The number of aromatic nitrogens is 1. The third kappa shape index (κ3) is 5.01. The van der Waals surface area contributed by atoms with Gasteiger partial charge in [-0.3, -0.25) is 9.36 Å². The molecule has 0 aliphatic carbocycles. The number of thiazole rings is 1. The molecule has 0 saturated heterocycles. The zero-order valence-electron chi connectivity index (χ0n) is 19.6. The number of hydrogen-bond acceptors (Lipinski definition) is 8. The fourth-order valence-corrected chi connectivity index (χ4v) is 5.28. The molecule has 1 aromatic heterocycles. The number of aromatic carboxylic acids is 1. The topological polar surface area (TPSA) is 101 Å². The van der Waals surface area contributed by atoms with Gasteiger partial charge in [-0.15, -0.1) is 11.8 Å². The van der Waals surface area contributed by atoms with Gasteiger partial charge in [-0.1, -0.05) is 47.7 Å². The highest BCUT2D eigenvalue weighted by atomic mass is 32.2. The van der Waals surface area contributed by atoms with E-state index in [2.05, 4.69) is 4.99 Å². The quantitative estimate of drug-likeness (QED) is 0.375. The van der Waals surface area contributed by atoms with Crippen molar-refractivity contribution in [1.82, 2.24) is 4.57 Å². The number of benzene rings is 2. The normalized spacial score (nSPS) is 15.7. The molecular formula is C26H23N2O5S2-. The van der Waals surface area contributed by atoms with Crippen LogP contribution in [0.3, 0.4) is 0 Å². The molecule has 0 unspecified atom stereocenters. The zero-order valence-corrected chi connectivity index (χ0v) is 21.2. The highest BCUT2D eigenvalue weighted by Crippen LogP contribution is 2.32. The fraction of sp³-hybridized carbons (Fsp3) is 0.231.